The van der Waals surface area contributed by atoms with Crippen LogP contribution in [0.3, 0.4) is 0 Å². The highest BCUT2D eigenvalue weighted by molar-refractivity contribution is 7.10. The Labute approximate surface area is 253 Å². The first-order chi connectivity index (χ1) is 20.7. The number of methoxy groups -OCH3 is 1. The second-order valence-electron chi connectivity index (χ2n) is 10.7. The molecule has 208 valence electrons. The van der Waals surface area contributed by atoms with Gasteiger partial charge in [-0.1, -0.05) is 36.8 Å². The van der Waals surface area contributed by atoms with E-state index in [1.54, 1.807) is 34.6 Å². The van der Waals surface area contributed by atoms with E-state index in [1.165, 1.54) is 49.9 Å². The van der Waals surface area contributed by atoms with Gasteiger partial charge in [0.25, 0.3) is 0 Å². The second-order valence-corrected chi connectivity index (χ2v) is 12.4. The molecule has 0 amide bonds. The van der Waals surface area contributed by atoms with Crippen LogP contribution >= 0.6 is 22.7 Å². The molecule has 9 heteroatoms. The summed E-state index contributed by atoms with van der Waals surface area (Å²) < 4.78 is 5.26. The molecule has 0 bridgehead atoms. The van der Waals surface area contributed by atoms with Gasteiger partial charge in [0, 0.05) is 39.3 Å². The molecule has 2 saturated carbocycles. The van der Waals surface area contributed by atoms with E-state index in [0.717, 1.165) is 38.0 Å². The highest BCUT2D eigenvalue weighted by Crippen LogP contribution is 2.37. The van der Waals surface area contributed by atoms with Crippen molar-refractivity contribution in [1.29, 1.82) is 0 Å². The van der Waals surface area contributed by atoms with Gasteiger partial charge in [0.2, 0.25) is 5.82 Å². The van der Waals surface area contributed by atoms with Gasteiger partial charge in [-0.2, -0.15) is 4.80 Å². The molecule has 2 aliphatic rings. The fourth-order valence-electron chi connectivity index (χ4n) is 4.94. The van der Waals surface area contributed by atoms with Crippen molar-refractivity contribution in [3.05, 3.63) is 91.3 Å². The second kappa shape index (κ2) is 11.9. The standard InChI is InChI=1S/C33H28N6OS2/c1-40-28-12-8-22(9-13-28)19-39-37-33(36-38-39)27-17-23(10-14-31-34-29(20-41-31)25-4-2-5-25)16-24(18-27)11-15-32-35-30(21-42-32)26-6-3-7-26/h8-9,12-13,16-18,20-21,25-26H,2-7,19H2,1H3. The average molecular weight is 589 g/mol. The average Bonchev–Trinajstić information content (AvgIpc) is 3.72. The number of rotatable bonds is 6. The van der Waals surface area contributed by atoms with Crippen molar-refractivity contribution >= 4 is 22.7 Å². The Morgan fingerprint density at radius 2 is 1.40 bits per heavy atom. The Bertz CT molecular complexity index is 1750. The van der Waals surface area contributed by atoms with Gasteiger partial charge in [-0.15, -0.1) is 32.9 Å². The summed E-state index contributed by atoms with van der Waals surface area (Å²) in [5.41, 5.74) is 5.89. The summed E-state index contributed by atoms with van der Waals surface area (Å²) in [4.78, 5) is 11.1. The van der Waals surface area contributed by atoms with Crippen molar-refractivity contribution in [3.63, 3.8) is 0 Å². The van der Waals surface area contributed by atoms with E-state index in [9.17, 15) is 0 Å². The molecule has 0 radical (unpaired) electrons. The van der Waals surface area contributed by atoms with E-state index < -0.39 is 0 Å². The third-order valence-corrected chi connectivity index (χ3v) is 9.40. The SMILES string of the molecule is COc1ccc(Cn2nnc(-c3cc(C#Cc4nc(C5CCC5)cs4)cc(C#Cc4nc(C5CCC5)cs4)c3)n2)cc1. The van der Waals surface area contributed by atoms with Crippen molar-refractivity contribution in [1.82, 2.24) is 30.2 Å². The molecule has 2 fully saturated rings. The summed E-state index contributed by atoms with van der Waals surface area (Å²) in [6.07, 6.45) is 7.51. The van der Waals surface area contributed by atoms with E-state index in [2.05, 4.69) is 49.9 Å². The van der Waals surface area contributed by atoms with Crippen molar-refractivity contribution < 1.29 is 4.74 Å². The summed E-state index contributed by atoms with van der Waals surface area (Å²) in [6.45, 7) is 0.504. The third-order valence-electron chi connectivity index (χ3n) is 7.85. The van der Waals surface area contributed by atoms with Crippen LogP contribution < -0.4 is 4.74 Å². The van der Waals surface area contributed by atoms with Crippen molar-refractivity contribution in [2.24, 2.45) is 0 Å². The number of ether oxygens (including phenoxy) is 1. The minimum atomic E-state index is 0.504. The van der Waals surface area contributed by atoms with Crippen molar-refractivity contribution in [2.45, 2.75) is 56.9 Å². The lowest BCUT2D eigenvalue weighted by Gasteiger charge is -2.22. The lowest BCUT2D eigenvalue weighted by molar-refractivity contribution is 0.412. The van der Waals surface area contributed by atoms with Gasteiger partial charge >= 0.3 is 0 Å². The Morgan fingerprint density at radius 3 is 1.93 bits per heavy atom. The topological polar surface area (TPSA) is 78.6 Å². The molecule has 0 aliphatic heterocycles. The maximum atomic E-state index is 5.26. The van der Waals surface area contributed by atoms with Gasteiger partial charge in [0.15, 0.2) is 10.0 Å². The van der Waals surface area contributed by atoms with Crippen LogP contribution in [0.25, 0.3) is 11.4 Å². The van der Waals surface area contributed by atoms with Crippen LogP contribution in [-0.4, -0.2) is 37.3 Å². The molecule has 0 saturated heterocycles. The number of hydrogen-bond acceptors (Lipinski definition) is 8. The van der Waals surface area contributed by atoms with Crippen LogP contribution in [0.2, 0.25) is 0 Å². The lowest BCUT2D eigenvalue weighted by Crippen LogP contribution is -2.08. The van der Waals surface area contributed by atoms with Gasteiger partial charge < -0.3 is 4.74 Å². The largest absolute Gasteiger partial charge is 0.497 e. The first-order valence-electron chi connectivity index (χ1n) is 14.2. The smallest absolute Gasteiger partial charge is 0.205 e. The number of hydrogen-bond donors (Lipinski definition) is 0. The zero-order valence-electron chi connectivity index (χ0n) is 23.2. The molecule has 0 N–H and O–H groups in total. The first kappa shape index (κ1) is 26.6. The normalized spacial score (nSPS) is 14.7. The monoisotopic (exact) mass is 588 g/mol. The van der Waals surface area contributed by atoms with Gasteiger partial charge in [-0.25, -0.2) is 9.97 Å². The molecular weight excluding hydrogens is 561 g/mol. The summed E-state index contributed by atoms with van der Waals surface area (Å²) in [7, 11) is 1.66. The van der Waals surface area contributed by atoms with Gasteiger partial charge in [-0.05, 0) is 78.6 Å². The minimum Gasteiger partial charge on any atom is -0.497 e. The van der Waals surface area contributed by atoms with E-state index in [1.807, 2.05) is 42.5 Å². The molecule has 0 unspecified atom stereocenters. The number of nitrogens with zero attached hydrogens (tertiary/aromatic N) is 6. The van der Waals surface area contributed by atoms with Gasteiger partial charge in [0.1, 0.15) is 5.75 Å². The van der Waals surface area contributed by atoms with Gasteiger partial charge in [0.05, 0.1) is 25.0 Å². The van der Waals surface area contributed by atoms with E-state index >= 15 is 0 Å². The maximum absolute atomic E-state index is 5.26. The number of thiazole rings is 2. The Morgan fingerprint density at radius 1 is 0.810 bits per heavy atom. The van der Waals surface area contributed by atoms with E-state index in [-0.39, 0.29) is 0 Å². The molecule has 3 aromatic heterocycles. The molecule has 7 rings (SSSR count). The van der Waals surface area contributed by atoms with Crippen molar-refractivity contribution in [2.75, 3.05) is 7.11 Å². The van der Waals surface area contributed by atoms with Crippen LogP contribution in [-0.2, 0) is 6.54 Å². The molecule has 3 heterocycles. The molecule has 2 aliphatic carbocycles. The summed E-state index contributed by atoms with van der Waals surface area (Å²) in [6, 6.07) is 13.8. The molecule has 5 aromatic rings. The third kappa shape index (κ3) is 5.99. The van der Waals surface area contributed by atoms with E-state index in [4.69, 9.17) is 14.7 Å². The zero-order valence-corrected chi connectivity index (χ0v) is 24.8. The van der Waals surface area contributed by atoms with Gasteiger partial charge in [-0.3, -0.25) is 0 Å². The van der Waals surface area contributed by atoms with Crippen LogP contribution in [0.1, 0.15) is 88.5 Å². The number of aromatic nitrogens is 6. The zero-order chi connectivity index (χ0) is 28.3. The predicted octanol–water partition coefficient (Wildman–Crippen LogP) is 6.64. The van der Waals surface area contributed by atoms with Crippen LogP contribution in [0.5, 0.6) is 5.75 Å². The Balaban J connectivity index is 1.17. The van der Waals surface area contributed by atoms with Crippen LogP contribution in [0, 0.1) is 23.7 Å². The summed E-state index contributed by atoms with van der Waals surface area (Å²) in [5.74, 6) is 15.7. The molecule has 0 spiro atoms. The lowest BCUT2D eigenvalue weighted by atomic mass is 9.83. The van der Waals surface area contributed by atoms with Crippen molar-refractivity contribution in [3.8, 4) is 40.8 Å². The minimum absolute atomic E-state index is 0.504. The highest BCUT2D eigenvalue weighted by Gasteiger charge is 2.22. The Hall–Kier alpha value is -4.31. The molecule has 42 heavy (non-hydrogen) atoms. The quantitative estimate of drug-likeness (QED) is 0.207. The summed E-state index contributed by atoms with van der Waals surface area (Å²) in [5, 5.41) is 19.3. The maximum Gasteiger partial charge on any atom is 0.205 e. The molecular formula is C33H28N6OS2. The van der Waals surface area contributed by atoms with Crippen LogP contribution in [0.4, 0.5) is 0 Å². The predicted molar refractivity (Wildman–Crippen MR) is 165 cm³/mol. The fraction of sp³-hybridized carbons (Fsp3) is 0.303. The molecule has 2 aromatic carbocycles. The van der Waals surface area contributed by atoms with Crippen LogP contribution in [0.15, 0.2) is 53.2 Å². The molecule has 7 nitrogen and oxygen atoms in total. The number of tetrazole rings is 1. The first-order valence-corrected chi connectivity index (χ1v) is 16.0. The molecule has 0 atom stereocenters. The summed E-state index contributed by atoms with van der Waals surface area (Å²) >= 11 is 3.22. The number of benzene rings is 2. The fourth-order valence-corrected chi connectivity index (χ4v) is 6.43. The Kier molecular flexibility index (Phi) is 7.53. The van der Waals surface area contributed by atoms with E-state index in [0.29, 0.717) is 24.2 Å². The highest BCUT2D eigenvalue weighted by atomic mass is 32.1.